The molecule has 1 N–H and O–H groups in total. The Morgan fingerprint density at radius 3 is 2.96 bits per heavy atom. The second-order valence-corrected chi connectivity index (χ2v) is 5.90. The van der Waals surface area contributed by atoms with E-state index in [0.717, 1.165) is 10.2 Å². The highest BCUT2D eigenvalue weighted by Gasteiger charge is 2.20. The van der Waals surface area contributed by atoms with Crippen LogP contribution in [0.25, 0.3) is 10.2 Å². The summed E-state index contributed by atoms with van der Waals surface area (Å²) < 4.78 is 18.2. The summed E-state index contributed by atoms with van der Waals surface area (Å²) in [4.78, 5) is 16.8. The van der Waals surface area contributed by atoms with Crippen LogP contribution in [0.1, 0.15) is 10.4 Å². The molecule has 118 valence electrons. The average Bonchev–Trinajstić information content (AvgIpc) is 3.21. The zero-order chi connectivity index (χ0) is 16.0. The van der Waals surface area contributed by atoms with E-state index in [1.165, 1.54) is 23.1 Å². The van der Waals surface area contributed by atoms with Crippen molar-refractivity contribution in [3.8, 4) is 17.4 Å². The molecule has 0 unspecified atom stereocenters. The van der Waals surface area contributed by atoms with Crippen LogP contribution in [0.15, 0.2) is 18.3 Å². The number of hydrogen-bond acceptors (Lipinski definition) is 7. The number of methoxy groups -OCH3 is 1. The number of carbonyl (C=O) groups is 1. The smallest absolute Gasteiger partial charge is 0.264 e. The zero-order valence-corrected chi connectivity index (χ0v) is 13.1. The van der Waals surface area contributed by atoms with Crippen LogP contribution in [-0.4, -0.2) is 34.6 Å². The third-order valence-electron chi connectivity index (χ3n) is 3.34. The summed E-state index contributed by atoms with van der Waals surface area (Å²) in [6.07, 6.45) is 1.59. The van der Waals surface area contributed by atoms with Gasteiger partial charge in [-0.1, -0.05) is 11.3 Å². The van der Waals surface area contributed by atoms with Crippen LogP contribution in [0.5, 0.6) is 17.4 Å². The number of fused-ring (bicyclic) bond motifs is 2. The van der Waals surface area contributed by atoms with Crippen LogP contribution in [0, 0.1) is 0 Å². The molecule has 0 spiro atoms. The van der Waals surface area contributed by atoms with E-state index in [2.05, 4.69) is 15.4 Å². The number of anilines is 1. The fourth-order valence-corrected chi connectivity index (χ4v) is 3.18. The summed E-state index contributed by atoms with van der Waals surface area (Å²) in [7, 11) is 3.19. The number of hydrogen-bond donors (Lipinski definition) is 1. The van der Waals surface area contributed by atoms with Gasteiger partial charge in [0.05, 0.1) is 17.3 Å². The minimum atomic E-state index is -0.325. The van der Waals surface area contributed by atoms with Gasteiger partial charge in [-0.25, -0.2) is 4.98 Å². The number of aryl methyl sites for hydroxylation is 1. The van der Waals surface area contributed by atoms with Crippen LogP contribution >= 0.6 is 11.3 Å². The highest BCUT2D eigenvalue weighted by Crippen LogP contribution is 2.39. The van der Waals surface area contributed by atoms with Gasteiger partial charge in [-0.05, 0) is 0 Å². The lowest BCUT2D eigenvalue weighted by Crippen LogP contribution is -2.12. The Balaban J connectivity index is 1.63. The first-order chi connectivity index (χ1) is 11.1. The summed E-state index contributed by atoms with van der Waals surface area (Å²) >= 11 is 1.36. The molecule has 3 heterocycles. The highest BCUT2D eigenvalue weighted by molar-refractivity contribution is 7.22. The fourth-order valence-electron chi connectivity index (χ4n) is 2.31. The number of nitrogens with zero attached hydrogens (tertiary/aromatic N) is 3. The van der Waals surface area contributed by atoms with E-state index in [0.29, 0.717) is 22.2 Å². The van der Waals surface area contributed by atoms with Crippen molar-refractivity contribution < 1.29 is 19.0 Å². The van der Waals surface area contributed by atoms with Gasteiger partial charge in [-0.15, -0.1) is 5.10 Å². The molecule has 0 bridgehead atoms. The Labute approximate surface area is 134 Å². The minimum Gasteiger partial charge on any atom is -0.479 e. The molecule has 9 heteroatoms. The first kappa shape index (κ1) is 13.8. The van der Waals surface area contributed by atoms with E-state index in [4.69, 9.17) is 14.2 Å². The number of amides is 1. The Kier molecular flexibility index (Phi) is 3.08. The molecule has 0 radical (unpaired) electrons. The second-order valence-electron chi connectivity index (χ2n) is 4.87. The molecule has 0 atom stereocenters. The van der Waals surface area contributed by atoms with Gasteiger partial charge in [-0.3, -0.25) is 14.8 Å². The number of thiazole rings is 1. The number of rotatable bonds is 3. The molecular weight excluding hydrogens is 320 g/mol. The van der Waals surface area contributed by atoms with Gasteiger partial charge < -0.3 is 14.2 Å². The molecule has 0 aliphatic carbocycles. The van der Waals surface area contributed by atoms with E-state index >= 15 is 0 Å². The molecule has 4 rings (SSSR count). The van der Waals surface area contributed by atoms with E-state index in [-0.39, 0.29) is 18.6 Å². The number of ether oxygens (including phenoxy) is 3. The van der Waals surface area contributed by atoms with Gasteiger partial charge in [0.15, 0.2) is 16.6 Å². The molecule has 1 amide bonds. The largest absolute Gasteiger partial charge is 0.479 e. The molecule has 3 aromatic rings. The quantitative estimate of drug-likeness (QED) is 0.789. The Bertz CT molecular complexity index is 876. The van der Waals surface area contributed by atoms with E-state index < -0.39 is 0 Å². The average molecular weight is 332 g/mol. The summed E-state index contributed by atoms with van der Waals surface area (Å²) in [5.74, 6) is 1.29. The van der Waals surface area contributed by atoms with Crippen molar-refractivity contribution in [1.29, 1.82) is 0 Å². The number of aromatic nitrogens is 3. The van der Waals surface area contributed by atoms with Gasteiger partial charge in [-0.2, -0.15) is 0 Å². The second kappa shape index (κ2) is 5.13. The van der Waals surface area contributed by atoms with Crippen molar-refractivity contribution in [1.82, 2.24) is 14.8 Å². The SMILES string of the molecule is COc1nn(C)cc1C(=O)Nc1nc2cc3c(cc2s1)OCO3. The lowest BCUT2D eigenvalue weighted by atomic mass is 10.3. The molecule has 23 heavy (non-hydrogen) atoms. The number of nitrogens with one attached hydrogen (secondary N) is 1. The molecule has 0 fully saturated rings. The number of benzene rings is 1. The van der Waals surface area contributed by atoms with Gasteiger partial charge >= 0.3 is 0 Å². The lowest BCUT2D eigenvalue weighted by Gasteiger charge is -2.00. The third kappa shape index (κ3) is 2.34. The third-order valence-corrected chi connectivity index (χ3v) is 4.27. The first-order valence-corrected chi connectivity index (χ1v) is 7.55. The summed E-state index contributed by atoms with van der Waals surface area (Å²) in [5, 5.41) is 7.31. The van der Waals surface area contributed by atoms with Crippen LogP contribution in [0.2, 0.25) is 0 Å². The van der Waals surface area contributed by atoms with Crippen LogP contribution in [0.4, 0.5) is 5.13 Å². The molecule has 0 saturated heterocycles. The van der Waals surface area contributed by atoms with Crippen LogP contribution in [-0.2, 0) is 7.05 Å². The summed E-state index contributed by atoms with van der Waals surface area (Å²) in [6.45, 7) is 0.219. The van der Waals surface area contributed by atoms with Crippen LogP contribution in [0.3, 0.4) is 0 Å². The Morgan fingerprint density at radius 2 is 2.17 bits per heavy atom. The molecule has 2 aromatic heterocycles. The maximum Gasteiger partial charge on any atom is 0.264 e. The lowest BCUT2D eigenvalue weighted by molar-refractivity contribution is 0.102. The maximum atomic E-state index is 12.4. The predicted molar refractivity (Wildman–Crippen MR) is 83.5 cm³/mol. The minimum absolute atomic E-state index is 0.219. The highest BCUT2D eigenvalue weighted by atomic mass is 32.1. The van der Waals surface area contributed by atoms with Gasteiger partial charge in [0.1, 0.15) is 5.56 Å². The van der Waals surface area contributed by atoms with Crippen LogP contribution < -0.4 is 19.5 Å². The molecule has 1 aliphatic heterocycles. The Morgan fingerprint density at radius 1 is 1.39 bits per heavy atom. The zero-order valence-electron chi connectivity index (χ0n) is 12.3. The maximum absolute atomic E-state index is 12.4. The van der Waals surface area contributed by atoms with Crippen molar-refractivity contribution >= 4 is 32.6 Å². The van der Waals surface area contributed by atoms with Gasteiger partial charge in [0.25, 0.3) is 5.91 Å². The predicted octanol–water partition coefficient (Wildman–Crippen LogP) is 2.02. The summed E-state index contributed by atoms with van der Waals surface area (Å²) in [6, 6.07) is 3.66. The fraction of sp³-hybridized carbons (Fsp3) is 0.214. The van der Waals surface area contributed by atoms with Crippen molar-refractivity contribution in [2.45, 2.75) is 0 Å². The van der Waals surface area contributed by atoms with E-state index in [1.54, 1.807) is 19.3 Å². The van der Waals surface area contributed by atoms with E-state index in [9.17, 15) is 4.79 Å². The van der Waals surface area contributed by atoms with Crippen molar-refractivity contribution in [2.75, 3.05) is 19.2 Å². The molecule has 8 nitrogen and oxygen atoms in total. The van der Waals surface area contributed by atoms with Crippen molar-refractivity contribution in [2.24, 2.45) is 7.05 Å². The molecule has 0 saturated carbocycles. The van der Waals surface area contributed by atoms with E-state index in [1.807, 2.05) is 6.07 Å². The normalized spacial score (nSPS) is 12.6. The molecule has 1 aromatic carbocycles. The monoisotopic (exact) mass is 332 g/mol. The first-order valence-electron chi connectivity index (χ1n) is 6.73. The summed E-state index contributed by atoms with van der Waals surface area (Å²) in [5.41, 5.74) is 1.09. The van der Waals surface area contributed by atoms with Gasteiger partial charge in [0, 0.05) is 25.4 Å². The molecular formula is C14H12N4O4S. The Hall–Kier alpha value is -2.81. The van der Waals surface area contributed by atoms with Crippen molar-refractivity contribution in [3.63, 3.8) is 0 Å². The standard InChI is InChI=1S/C14H12N4O4S/c1-18-5-7(13(17-18)20-2)12(19)16-14-15-8-3-9-10(22-6-21-9)4-11(8)23-14/h3-5H,6H2,1-2H3,(H,15,16,19). The van der Waals surface area contributed by atoms with Crippen molar-refractivity contribution in [3.05, 3.63) is 23.9 Å². The number of carbonyl (C=O) groups excluding carboxylic acids is 1. The van der Waals surface area contributed by atoms with Gasteiger partial charge in [0.2, 0.25) is 12.7 Å². The topological polar surface area (TPSA) is 87.5 Å². The molecule has 1 aliphatic rings.